The fourth-order valence-corrected chi connectivity index (χ4v) is 3.62. The molecule has 0 aliphatic carbocycles. The zero-order valence-electron chi connectivity index (χ0n) is 11.8. The van der Waals surface area contributed by atoms with Crippen LogP contribution in [0.1, 0.15) is 25.3 Å². The van der Waals surface area contributed by atoms with E-state index in [0.717, 1.165) is 5.56 Å². The Morgan fingerprint density at radius 3 is 2.25 bits per heavy atom. The summed E-state index contributed by atoms with van der Waals surface area (Å²) >= 11 is 0. The molecule has 6 heteroatoms. The van der Waals surface area contributed by atoms with Gasteiger partial charge in [-0.1, -0.05) is 17.7 Å². The van der Waals surface area contributed by atoms with E-state index < -0.39 is 10.0 Å². The fraction of sp³-hybridized carbons (Fsp3) is 0.500. The normalized spacial score (nSPS) is 17.2. The van der Waals surface area contributed by atoms with E-state index >= 15 is 0 Å². The lowest BCUT2D eigenvalue weighted by molar-refractivity contribution is -0.129. The van der Waals surface area contributed by atoms with Gasteiger partial charge in [0, 0.05) is 26.1 Å². The predicted octanol–water partition coefficient (Wildman–Crippen LogP) is 1.28. The number of likely N-dealkylation sites (tertiary alicyclic amines) is 1. The lowest BCUT2D eigenvalue weighted by Crippen LogP contribution is -2.45. The topological polar surface area (TPSA) is 66.5 Å². The largest absolute Gasteiger partial charge is 0.343 e. The molecule has 20 heavy (non-hydrogen) atoms. The SMILES string of the molecule is CC(=O)N1CCC(NS(=O)(=O)c2ccc(C)cc2)CC1. The zero-order valence-corrected chi connectivity index (χ0v) is 12.6. The van der Waals surface area contributed by atoms with E-state index in [1.54, 1.807) is 29.2 Å². The number of sulfonamides is 1. The molecule has 1 aromatic carbocycles. The minimum Gasteiger partial charge on any atom is -0.343 e. The van der Waals surface area contributed by atoms with Crippen molar-refractivity contribution in [1.29, 1.82) is 0 Å². The molecule has 0 radical (unpaired) electrons. The molecule has 1 aliphatic heterocycles. The second-order valence-electron chi connectivity index (χ2n) is 5.21. The van der Waals surface area contributed by atoms with Gasteiger partial charge < -0.3 is 4.90 Å². The van der Waals surface area contributed by atoms with E-state index in [1.165, 1.54) is 6.92 Å². The van der Waals surface area contributed by atoms with Crippen molar-refractivity contribution in [2.24, 2.45) is 0 Å². The summed E-state index contributed by atoms with van der Waals surface area (Å²) in [5.74, 6) is 0.0461. The molecule has 1 amide bonds. The molecule has 0 unspecified atom stereocenters. The van der Waals surface area contributed by atoms with Crippen LogP contribution in [0.25, 0.3) is 0 Å². The second-order valence-corrected chi connectivity index (χ2v) is 6.93. The van der Waals surface area contributed by atoms with Gasteiger partial charge in [-0.2, -0.15) is 0 Å². The van der Waals surface area contributed by atoms with Gasteiger partial charge in [-0.05, 0) is 31.9 Å². The van der Waals surface area contributed by atoms with Crippen molar-refractivity contribution >= 4 is 15.9 Å². The van der Waals surface area contributed by atoms with Gasteiger partial charge in [0.2, 0.25) is 15.9 Å². The van der Waals surface area contributed by atoms with Gasteiger partial charge in [-0.25, -0.2) is 13.1 Å². The van der Waals surface area contributed by atoms with Crippen LogP contribution in [0.4, 0.5) is 0 Å². The first kappa shape index (κ1) is 15.0. The summed E-state index contributed by atoms with van der Waals surface area (Å²) in [4.78, 5) is 13.3. The lowest BCUT2D eigenvalue weighted by atomic mass is 10.1. The first-order valence-electron chi connectivity index (χ1n) is 6.73. The Labute approximate surface area is 120 Å². The summed E-state index contributed by atoms with van der Waals surface area (Å²) in [5.41, 5.74) is 1.03. The number of hydrogen-bond donors (Lipinski definition) is 1. The Kier molecular flexibility index (Phi) is 4.45. The molecule has 0 aromatic heterocycles. The van der Waals surface area contributed by atoms with Crippen molar-refractivity contribution in [2.45, 2.75) is 37.6 Å². The van der Waals surface area contributed by atoms with Crippen LogP contribution >= 0.6 is 0 Å². The van der Waals surface area contributed by atoms with E-state index in [1.807, 2.05) is 6.92 Å². The van der Waals surface area contributed by atoms with Crippen LogP contribution < -0.4 is 4.72 Å². The molecule has 1 aromatic rings. The number of rotatable bonds is 3. The van der Waals surface area contributed by atoms with E-state index in [9.17, 15) is 13.2 Å². The Bertz CT molecular complexity index is 573. The minimum atomic E-state index is -3.47. The third kappa shape index (κ3) is 3.58. The van der Waals surface area contributed by atoms with Crippen molar-refractivity contribution in [3.63, 3.8) is 0 Å². The van der Waals surface area contributed by atoms with E-state index in [-0.39, 0.29) is 16.8 Å². The summed E-state index contributed by atoms with van der Waals surface area (Å²) in [6.45, 7) is 4.67. The van der Waals surface area contributed by atoms with Crippen molar-refractivity contribution in [2.75, 3.05) is 13.1 Å². The number of aryl methyl sites for hydroxylation is 1. The van der Waals surface area contributed by atoms with Crippen LogP contribution in [-0.2, 0) is 14.8 Å². The number of nitrogens with zero attached hydrogens (tertiary/aromatic N) is 1. The lowest BCUT2D eigenvalue weighted by Gasteiger charge is -2.31. The molecule has 0 bridgehead atoms. The van der Waals surface area contributed by atoms with Gasteiger partial charge in [-0.15, -0.1) is 0 Å². The second kappa shape index (κ2) is 5.93. The highest BCUT2D eigenvalue weighted by atomic mass is 32.2. The van der Waals surface area contributed by atoms with Crippen molar-refractivity contribution < 1.29 is 13.2 Å². The van der Waals surface area contributed by atoms with E-state index in [2.05, 4.69) is 4.72 Å². The van der Waals surface area contributed by atoms with Crippen LogP contribution in [0.3, 0.4) is 0 Å². The summed E-state index contributed by atoms with van der Waals surface area (Å²) in [7, 11) is -3.47. The average Bonchev–Trinajstić information content (AvgIpc) is 2.39. The van der Waals surface area contributed by atoms with Gasteiger partial charge in [0.1, 0.15) is 0 Å². The molecule has 0 saturated carbocycles. The van der Waals surface area contributed by atoms with Crippen molar-refractivity contribution in [1.82, 2.24) is 9.62 Å². The monoisotopic (exact) mass is 296 g/mol. The molecule has 1 heterocycles. The molecule has 0 atom stereocenters. The van der Waals surface area contributed by atoms with Crippen LogP contribution in [0, 0.1) is 6.92 Å². The first-order chi connectivity index (χ1) is 9.38. The molecule has 1 saturated heterocycles. The number of nitrogens with one attached hydrogen (secondary N) is 1. The Morgan fingerprint density at radius 2 is 1.75 bits per heavy atom. The number of carbonyl (C=O) groups excluding carboxylic acids is 1. The van der Waals surface area contributed by atoms with Crippen LogP contribution in [-0.4, -0.2) is 38.4 Å². The van der Waals surface area contributed by atoms with Gasteiger partial charge in [0.25, 0.3) is 0 Å². The van der Waals surface area contributed by atoms with Gasteiger partial charge in [0.15, 0.2) is 0 Å². The summed E-state index contributed by atoms with van der Waals surface area (Å²) in [5, 5.41) is 0. The van der Waals surface area contributed by atoms with Gasteiger partial charge in [0.05, 0.1) is 4.90 Å². The third-order valence-electron chi connectivity index (χ3n) is 3.59. The fourth-order valence-electron chi connectivity index (χ4n) is 2.32. The quantitative estimate of drug-likeness (QED) is 0.914. The van der Waals surface area contributed by atoms with Crippen LogP contribution in [0.5, 0.6) is 0 Å². The number of benzene rings is 1. The van der Waals surface area contributed by atoms with E-state index in [0.29, 0.717) is 25.9 Å². The number of hydrogen-bond acceptors (Lipinski definition) is 3. The molecule has 2 rings (SSSR count). The standard InChI is InChI=1S/C14H20N2O3S/c1-11-3-5-14(6-4-11)20(18,19)15-13-7-9-16(10-8-13)12(2)17/h3-6,13,15H,7-10H2,1-2H3. The Morgan fingerprint density at radius 1 is 1.20 bits per heavy atom. The minimum absolute atomic E-state index is 0.0461. The molecule has 5 nitrogen and oxygen atoms in total. The van der Waals surface area contributed by atoms with Crippen molar-refractivity contribution in [3.8, 4) is 0 Å². The molecular formula is C14H20N2O3S. The number of piperidine rings is 1. The molecular weight excluding hydrogens is 276 g/mol. The zero-order chi connectivity index (χ0) is 14.8. The van der Waals surface area contributed by atoms with Gasteiger partial charge >= 0.3 is 0 Å². The molecule has 1 N–H and O–H groups in total. The summed E-state index contributed by atoms with van der Waals surface area (Å²) in [6.07, 6.45) is 1.31. The van der Waals surface area contributed by atoms with Crippen molar-refractivity contribution in [3.05, 3.63) is 29.8 Å². The number of amides is 1. The summed E-state index contributed by atoms with van der Waals surface area (Å²) in [6, 6.07) is 6.70. The Balaban J connectivity index is 2.00. The maximum atomic E-state index is 12.2. The van der Waals surface area contributed by atoms with Crippen LogP contribution in [0.15, 0.2) is 29.2 Å². The predicted molar refractivity (Wildman–Crippen MR) is 76.8 cm³/mol. The first-order valence-corrected chi connectivity index (χ1v) is 8.21. The highest BCUT2D eigenvalue weighted by molar-refractivity contribution is 7.89. The van der Waals surface area contributed by atoms with E-state index in [4.69, 9.17) is 0 Å². The summed E-state index contributed by atoms with van der Waals surface area (Å²) < 4.78 is 27.2. The highest BCUT2D eigenvalue weighted by Gasteiger charge is 2.25. The smallest absolute Gasteiger partial charge is 0.240 e. The highest BCUT2D eigenvalue weighted by Crippen LogP contribution is 2.15. The molecule has 1 aliphatic rings. The molecule has 110 valence electrons. The van der Waals surface area contributed by atoms with Gasteiger partial charge in [-0.3, -0.25) is 4.79 Å². The maximum Gasteiger partial charge on any atom is 0.240 e. The van der Waals surface area contributed by atoms with Crippen LogP contribution in [0.2, 0.25) is 0 Å². The maximum absolute atomic E-state index is 12.2. The molecule has 0 spiro atoms. The number of carbonyl (C=O) groups is 1. The third-order valence-corrected chi connectivity index (χ3v) is 5.13. The Hall–Kier alpha value is -1.40. The average molecular weight is 296 g/mol. The molecule has 1 fully saturated rings.